The molecule has 0 radical (unpaired) electrons. The first-order chi connectivity index (χ1) is 18.2. The van der Waals surface area contributed by atoms with E-state index in [0.29, 0.717) is 32.6 Å². The summed E-state index contributed by atoms with van der Waals surface area (Å²) >= 11 is 12.2. The number of nitrogens with zero attached hydrogens (tertiary/aromatic N) is 1. The number of ether oxygens (including phenoxy) is 4. The monoisotopic (exact) mass is 564 g/mol. The van der Waals surface area contributed by atoms with E-state index < -0.39 is 23.9 Å². The Labute approximate surface area is 229 Å². The third kappa shape index (κ3) is 6.87. The minimum Gasteiger partial charge on any atom is -0.494 e. The van der Waals surface area contributed by atoms with E-state index in [1.807, 2.05) is 0 Å². The number of carbonyl (C=O) groups is 3. The summed E-state index contributed by atoms with van der Waals surface area (Å²) in [5, 5.41) is 9.77. The molecule has 0 spiro atoms. The lowest BCUT2D eigenvalue weighted by molar-refractivity contribution is -0.139. The zero-order valence-electron chi connectivity index (χ0n) is 21.0. The van der Waals surface area contributed by atoms with Crippen LogP contribution >= 0.6 is 23.2 Å². The van der Waals surface area contributed by atoms with Gasteiger partial charge in [0.1, 0.15) is 0 Å². The fraction of sp³-hybridized carbons (Fsp3) is 0.280. The molecule has 2 aromatic rings. The zero-order chi connectivity index (χ0) is 27.8. The minimum absolute atomic E-state index is 0.181. The third-order valence-corrected chi connectivity index (χ3v) is 5.83. The molecule has 0 aliphatic carbocycles. The van der Waals surface area contributed by atoms with E-state index in [-0.39, 0.29) is 30.3 Å². The van der Waals surface area contributed by atoms with E-state index >= 15 is 0 Å². The van der Waals surface area contributed by atoms with Gasteiger partial charge in [-0.3, -0.25) is 4.79 Å². The van der Waals surface area contributed by atoms with E-state index in [1.54, 1.807) is 44.2 Å². The number of urea groups is 1. The molecule has 38 heavy (non-hydrogen) atoms. The molecule has 0 aromatic heterocycles. The van der Waals surface area contributed by atoms with Crippen LogP contribution in [-0.2, 0) is 14.3 Å². The fourth-order valence-electron chi connectivity index (χ4n) is 3.61. The SMILES string of the molecule is CCOC(=O)C1=C(C)NC(=O)N[C@H]1c1ccc(OCC(=O)N/N=C\c2cc(Cl)c(OC)c(Cl)c2)c(OC)c1. The van der Waals surface area contributed by atoms with Crippen molar-refractivity contribution in [3.8, 4) is 17.2 Å². The predicted molar refractivity (Wildman–Crippen MR) is 141 cm³/mol. The summed E-state index contributed by atoms with van der Waals surface area (Å²) in [6.45, 7) is 3.12. The van der Waals surface area contributed by atoms with Crippen molar-refractivity contribution in [1.29, 1.82) is 0 Å². The number of nitrogens with one attached hydrogen (secondary N) is 3. The van der Waals surface area contributed by atoms with Crippen LogP contribution in [0.5, 0.6) is 17.2 Å². The van der Waals surface area contributed by atoms with Crippen LogP contribution in [0, 0.1) is 0 Å². The highest BCUT2D eigenvalue weighted by Gasteiger charge is 2.32. The van der Waals surface area contributed by atoms with E-state index in [4.69, 9.17) is 42.1 Å². The average Bonchev–Trinajstić information content (AvgIpc) is 2.86. The Balaban J connectivity index is 1.68. The molecule has 3 N–H and O–H groups in total. The van der Waals surface area contributed by atoms with Crippen molar-refractivity contribution in [2.24, 2.45) is 5.10 Å². The maximum Gasteiger partial charge on any atom is 0.338 e. The third-order valence-electron chi connectivity index (χ3n) is 5.27. The van der Waals surface area contributed by atoms with Gasteiger partial charge in [0, 0.05) is 5.70 Å². The average molecular weight is 565 g/mol. The number of hydrogen-bond donors (Lipinski definition) is 3. The number of benzene rings is 2. The van der Waals surface area contributed by atoms with Crippen molar-refractivity contribution in [2.75, 3.05) is 27.4 Å². The van der Waals surface area contributed by atoms with Crippen molar-refractivity contribution >= 4 is 47.3 Å². The fourth-order valence-corrected chi connectivity index (χ4v) is 4.27. The van der Waals surface area contributed by atoms with Crippen molar-refractivity contribution in [1.82, 2.24) is 16.1 Å². The molecule has 2 aromatic carbocycles. The summed E-state index contributed by atoms with van der Waals surface area (Å²) in [5.41, 5.74) is 4.09. The molecule has 0 fully saturated rings. The molecule has 0 unspecified atom stereocenters. The number of allylic oxidation sites excluding steroid dienone is 1. The molecule has 3 amide bonds. The molecule has 0 saturated heterocycles. The number of amides is 3. The van der Waals surface area contributed by atoms with Gasteiger partial charge in [-0.1, -0.05) is 29.3 Å². The van der Waals surface area contributed by atoms with Gasteiger partial charge in [0.05, 0.1) is 48.7 Å². The van der Waals surface area contributed by atoms with Crippen LogP contribution in [0.4, 0.5) is 4.79 Å². The van der Waals surface area contributed by atoms with Gasteiger partial charge in [0.15, 0.2) is 23.9 Å². The van der Waals surface area contributed by atoms with Gasteiger partial charge in [0.2, 0.25) is 0 Å². The van der Waals surface area contributed by atoms with Crippen LogP contribution in [0.15, 0.2) is 46.7 Å². The van der Waals surface area contributed by atoms with E-state index in [1.165, 1.54) is 20.4 Å². The first kappa shape index (κ1) is 28.6. The normalized spacial score (nSPS) is 15.0. The summed E-state index contributed by atoms with van der Waals surface area (Å²) in [4.78, 5) is 36.8. The van der Waals surface area contributed by atoms with Crippen molar-refractivity contribution < 1.29 is 33.3 Å². The van der Waals surface area contributed by atoms with Gasteiger partial charge in [0.25, 0.3) is 5.91 Å². The number of carbonyl (C=O) groups excluding carboxylic acids is 3. The Morgan fingerprint density at radius 2 is 1.82 bits per heavy atom. The molecular formula is C25H26Cl2N4O7. The summed E-state index contributed by atoms with van der Waals surface area (Å²) in [7, 11) is 2.88. The number of hydrazone groups is 1. The van der Waals surface area contributed by atoms with Gasteiger partial charge >= 0.3 is 12.0 Å². The second-order valence-electron chi connectivity index (χ2n) is 7.80. The van der Waals surface area contributed by atoms with Crippen LogP contribution in [-0.4, -0.2) is 51.6 Å². The summed E-state index contributed by atoms with van der Waals surface area (Å²) in [6.07, 6.45) is 1.37. The highest BCUT2D eigenvalue weighted by molar-refractivity contribution is 6.37. The summed E-state index contributed by atoms with van der Waals surface area (Å²) in [6, 6.07) is 6.75. The van der Waals surface area contributed by atoms with Crippen LogP contribution in [0.25, 0.3) is 0 Å². The molecular weight excluding hydrogens is 539 g/mol. The van der Waals surface area contributed by atoms with Crippen LogP contribution < -0.4 is 30.3 Å². The Kier molecular flexibility index (Phi) is 9.80. The molecule has 1 heterocycles. The number of methoxy groups -OCH3 is 2. The summed E-state index contributed by atoms with van der Waals surface area (Å²) < 4.78 is 21.2. The molecule has 1 atom stereocenters. The Bertz CT molecular complexity index is 1270. The maximum absolute atomic E-state index is 12.5. The number of halogens is 2. The van der Waals surface area contributed by atoms with Crippen molar-refractivity contribution in [3.63, 3.8) is 0 Å². The lowest BCUT2D eigenvalue weighted by Gasteiger charge is -2.28. The van der Waals surface area contributed by atoms with Gasteiger partial charge in [-0.2, -0.15) is 5.10 Å². The molecule has 1 aliphatic heterocycles. The molecule has 0 bridgehead atoms. The highest BCUT2D eigenvalue weighted by Crippen LogP contribution is 2.35. The smallest absolute Gasteiger partial charge is 0.338 e. The first-order valence-corrected chi connectivity index (χ1v) is 12.0. The first-order valence-electron chi connectivity index (χ1n) is 11.3. The Morgan fingerprint density at radius 3 is 2.45 bits per heavy atom. The topological polar surface area (TPSA) is 137 Å². The van der Waals surface area contributed by atoms with Gasteiger partial charge in [-0.15, -0.1) is 0 Å². The second kappa shape index (κ2) is 13.0. The number of esters is 1. The minimum atomic E-state index is -0.775. The molecule has 202 valence electrons. The lowest BCUT2D eigenvalue weighted by atomic mass is 9.95. The molecule has 3 rings (SSSR count). The standard InChI is InChI=1S/C25H26Cl2N4O7/c1-5-37-24(33)21-13(2)29-25(34)30-22(21)15-6-7-18(19(10-15)35-3)38-12-20(32)31-28-11-14-8-16(26)23(36-4)17(27)9-14/h6-11,22H,5,12H2,1-4H3,(H,31,32)(H2,29,30,34)/b28-11-/t22-/m0/s1. The number of rotatable bonds is 10. The quantitative estimate of drug-likeness (QED) is 0.227. The van der Waals surface area contributed by atoms with Crippen LogP contribution in [0.1, 0.15) is 31.0 Å². The largest absolute Gasteiger partial charge is 0.494 e. The predicted octanol–water partition coefficient (Wildman–Crippen LogP) is 3.73. The Morgan fingerprint density at radius 1 is 1.11 bits per heavy atom. The van der Waals surface area contributed by atoms with Gasteiger partial charge in [-0.25, -0.2) is 15.0 Å². The van der Waals surface area contributed by atoms with Crippen molar-refractivity contribution in [2.45, 2.75) is 19.9 Å². The zero-order valence-corrected chi connectivity index (χ0v) is 22.5. The highest BCUT2D eigenvalue weighted by atomic mass is 35.5. The van der Waals surface area contributed by atoms with Gasteiger partial charge in [-0.05, 0) is 49.2 Å². The van der Waals surface area contributed by atoms with Gasteiger partial charge < -0.3 is 29.6 Å². The lowest BCUT2D eigenvalue weighted by Crippen LogP contribution is -2.45. The second-order valence-corrected chi connectivity index (χ2v) is 8.61. The number of hydrogen-bond acceptors (Lipinski definition) is 8. The molecule has 13 heteroatoms. The summed E-state index contributed by atoms with van der Waals surface area (Å²) in [5.74, 6) is -0.198. The van der Waals surface area contributed by atoms with Crippen molar-refractivity contribution in [3.05, 3.63) is 62.8 Å². The van der Waals surface area contributed by atoms with Crippen LogP contribution in [0.2, 0.25) is 10.0 Å². The van der Waals surface area contributed by atoms with E-state index in [0.717, 1.165) is 0 Å². The van der Waals surface area contributed by atoms with E-state index in [9.17, 15) is 14.4 Å². The Hall–Kier alpha value is -3.96. The maximum atomic E-state index is 12.5. The van der Waals surface area contributed by atoms with Crippen LogP contribution in [0.3, 0.4) is 0 Å². The molecule has 0 saturated carbocycles. The molecule has 11 nitrogen and oxygen atoms in total. The molecule has 1 aliphatic rings. The van der Waals surface area contributed by atoms with E-state index in [2.05, 4.69) is 21.2 Å².